The van der Waals surface area contributed by atoms with Gasteiger partial charge in [0.05, 0.1) is 0 Å². The molecule has 2 rings (SSSR count). The molecule has 2 heterocycles. The molecule has 0 bridgehead atoms. The lowest BCUT2D eigenvalue weighted by Gasteiger charge is -1.81. The normalized spacial score (nSPS) is 15.3. The van der Waals surface area contributed by atoms with Crippen molar-refractivity contribution in [2.75, 3.05) is 13.1 Å². The second-order valence-corrected chi connectivity index (χ2v) is 2.11. The summed E-state index contributed by atoms with van der Waals surface area (Å²) in [6, 6.07) is 1.78. The summed E-state index contributed by atoms with van der Waals surface area (Å²) in [5.74, 6) is 0. The van der Waals surface area contributed by atoms with Crippen molar-refractivity contribution in [3.63, 3.8) is 0 Å². The maximum atomic E-state index is 3.67. The molecule has 0 unspecified atom stereocenters. The Morgan fingerprint density at radius 2 is 1.64 bits per heavy atom. The number of nitrogens with zero attached hydrogens (tertiary/aromatic N) is 2. The lowest BCUT2D eigenvalue weighted by molar-refractivity contribution is 0.689. The number of hydrogen-bond donors (Lipinski definition) is 2. The van der Waals surface area contributed by atoms with E-state index in [9.17, 15) is 0 Å². The number of aromatic nitrogens is 2. The minimum atomic E-state index is 1.14. The largest absolute Gasteiger partial charge is 0.258 e. The Labute approximate surface area is 66.0 Å². The van der Waals surface area contributed by atoms with Crippen LogP contribution >= 0.6 is 0 Å². The van der Waals surface area contributed by atoms with Gasteiger partial charge < -0.3 is 0 Å². The number of nitrogens with one attached hydrogen (secondary N) is 2. The van der Waals surface area contributed by atoms with E-state index in [0.29, 0.717) is 0 Å². The SMILES string of the molecule is C1CNNC1.c1cncnc1. The Balaban J connectivity index is 0.000000112. The molecule has 11 heavy (non-hydrogen) atoms. The summed E-state index contributed by atoms with van der Waals surface area (Å²) in [5.41, 5.74) is 5.94. The zero-order valence-electron chi connectivity index (χ0n) is 6.33. The van der Waals surface area contributed by atoms with Crippen LogP contribution in [-0.4, -0.2) is 23.1 Å². The average Bonchev–Trinajstić information content (AvgIpc) is 2.64. The molecular weight excluding hydrogens is 140 g/mol. The lowest BCUT2D eigenvalue weighted by atomic mass is 10.5. The molecule has 0 saturated carbocycles. The minimum absolute atomic E-state index is 1.14. The van der Waals surface area contributed by atoms with Crippen molar-refractivity contribution in [1.82, 2.24) is 20.8 Å². The molecule has 1 aliphatic heterocycles. The molecule has 0 radical (unpaired) electrons. The van der Waals surface area contributed by atoms with Gasteiger partial charge in [-0.15, -0.1) is 0 Å². The van der Waals surface area contributed by atoms with Crippen LogP contribution in [0.4, 0.5) is 0 Å². The Hall–Kier alpha value is -1.00. The smallest absolute Gasteiger partial charge is 0.115 e. The van der Waals surface area contributed by atoms with Crippen molar-refractivity contribution in [1.29, 1.82) is 0 Å². The summed E-state index contributed by atoms with van der Waals surface area (Å²) in [4.78, 5) is 7.35. The first-order valence-corrected chi connectivity index (χ1v) is 3.66. The highest BCUT2D eigenvalue weighted by Gasteiger charge is 1.91. The topological polar surface area (TPSA) is 49.8 Å². The summed E-state index contributed by atoms with van der Waals surface area (Å²) < 4.78 is 0. The summed E-state index contributed by atoms with van der Waals surface area (Å²) >= 11 is 0. The molecule has 2 N–H and O–H groups in total. The molecule has 1 aliphatic rings. The molecule has 1 saturated heterocycles. The van der Waals surface area contributed by atoms with Gasteiger partial charge >= 0.3 is 0 Å². The quantitative estimate of drug-likeness (QED) is 0.547. The van der Waals surface area contributed by atoms with E-state index in [4.69, 9.17) is 0 Å². The zero-order chi connectivity index (χ0) is 7.78. The van der Waals surface area contributed by atoms with E-state index >= 15 is 0 Å². The van der Waals surface area contributed by atoms with E-state index < -0.39 is 0 Å². The third kappa shape index (κ3) is 4.41. The highest BCUT2D eigenvalue weighted by molar-refractivity contribution is 4.74. The Morgan fingerprint density at radius 3 is 1.82 bits per heavy atom. The van der Waals surface area contributed by atoms with E-state index in [1.165, 1.54) is 12.7 Å². The van der Waals surface area contributed by atoms with Crippen LogP contribution < -0.4 is 10.9 Å². The minimum Gasteiger partial charge on any atom is -0.258 e. The first-order valence-electron chi connectivity index (χ1n) is 3.66. The predicted molar refractivity (Wildman–Crippen MR) is 42.7 cm³/mol. The van der Waals surface area contributed by atoms with Crippen LogP contribution in [0.2, 0.25) is 0 Å². The van der Waals surface area contributed by atoms with Crippen LogP contribution in [0.25, 0.3) is 0 Å². The molecule has 0 aromatic carbocycles. The first kappa shape index (κ1) is 8.10. The maximum absolute atomic E-state index is 3.67. The van der Waals surface area contributed by atoms with Gasteiger partial charge in [-0.1, -0.05) is 0 Å². The van der Waals surface area contributed by atoms with Gasteiger partial charge in [-0.2, -0.15) is 0 Å². The molecule has 60 valence electrons. The lowest BCUT2D eigenvalue weighted by Crippen LogP contribution is -2.21. The second kappa shape index (κ2) is 5.76. The summed E-state index contributed by atoms with van der Waals surface area (Å²) in [6.07, 6.45) is 6.15. The van der Waals surface area contributed by atoms with E-state index in [-0.39, 0.29) is 0 Å². The van der Waals surface area contributed by atoms with Crippen molar-refractivity contribution >= 4 is 0 Å². The fourth-order valence-electron chi connectivity index (χ4n) is 0.695. The molecule has 0 atom stereocenters. The van der Waals surface area contributed by atoms with Crippen LogP contribution in [0.15, 0.2) is 24.8 Å². The molecule has 4 heteroatoms. The molecule has 1 aromatic heterocycles. The second-order valence-electron chi connectivity index (χ2n) is 2.11. The molecule has 0 spiro atoms. The molecule has 0 aliphatic carbocycles. The number of hydrazine groups is 1. The molecule has 4 nitrogen and oxygen atoms in total. The van der Waals surface area contributed by atoms with Crippen LogP contribution in [0.5, 0.6) is 0 Å². The third-order valence-electron chi connectivity index (χ3n) is 1.21. The van der Waals surface area contributed by atoms with E-state index in [0.717, 1.165) is 13.1 Å². The van der Waals surface area contributed by atoms with Crippen molar-refractivity contribution < 1.29 is 0 Å². The van der Waals surface area contributed by atoms with Crippen LogP contribution in [0.3, 0.4) is 0 Å². The van der Waals surface area contributed by atoms with Gasteiger partial charge in [-0.25, -0.2) is 9.97 Å². The molecule has 1 fully saturated rings. The van der Waals surface area contributed by atoms with Crippen LogP contribution in [-0.2, 0) is 0 Å². The van der Waals surface area contributed by atoms with Crippen molar-refractivity contribution in [3.05, 3.63) is 24.8 Å². The van der Waals surface area contributed by atoms with Gasteiger partial charge in [0.2, 0.25) is 0 Å². The van der Waals surface area contributed by atoms with Gasteiger partial charge in [-0.3, -0.25) is 10.9 Å². The summed E-state index contributed by atoms with van der Waals surface area (Å²) in [6.45, 7) is 2.28. The van der Waals surface area contributed by atoms with Gasteiger partial charge in [0.1, 0.15) is 6.33 Å². The third-order valence-corrected chi connectivity index (χ3v) is 1.21. The monoisotopic (exact) mass is 152 g/mol. The highest BCUT2D eigenvalue weighted by atomic mass is 15.4. The van der Waals surface area contributed by atoms with Crippen LogP contribution in [0.1, 0.15) is 6.42 Å². The van der Waals surface area contributed by atoms with Gasteiger partial charge in [0.15, 0.2) is 0 Å². The number of hydrogen-bond acceptors (Lipinski definition) is 4. The van der Waals surface area contributed by atoms with Gasteiger partial charge in [0, 0.05) is 25.5 Å². The predicted octanol–water partition coefficient (Wildman–Crippen LogP) is -0.0391. The van der Waals surface area contributed by atoms with Crippen LogP contribution in [0, 0.1) is 0 Å². The average molecular weight is 152 g/mol. The van der Waals surface area contributed by atoms with E-state index in [1.807, 2.05) is 0 Å². The Morgan fingerprint density at radius 1 is 1.00 bits per heavy atom. The molecular formula is C7H12N4. The summed E-state index contributed by atoms with van der Waals surface area (Å²) in [7, 11) is 0. The van der Waals surface area contributed by atoms with Crippen molar-refractivity contribution in [2.24, 2.45) is 0 Å². The number of rotatable bonds is 0. The zero-order valence-corrected chi connectivity index (χ0v) is 6.33. The van der Waals surface area contributed by atoms with Gasteiger partial charge in [-0.05, 0) is 12.5 Å². The molecule has 0 amide bonds. The Kier molecular flexibility index (Phi) is 4.24. The fraction of sp³-hybridized carbons (Fsp3) is 0.429. The fourth-order valence-corrected chi connectivity index (χ4v) is 0.695. The standard InChI is InChI=1S/C4H4N2.C3H8N2/c1-2-5-4-6-3-1;1-2-4-5-3-1/h1-4H;4-5H,1-3H2. The maximum Gasteiger partial charge on any atom is 0.115 e. The van der Waals surface area contributed by atoms with E-state index in [1.54, 1.807) is 18.5 Å². The Bertz CT molecular complexity index is 127. The highest BCUT2D eigenvalue weighted by Crippen LogP contribution is 1.74. The summed E-state index contributed by atoms with van der Waals surface area (Å²) in [5, 5.41) is 0. The van der Waals surface area contributed by atoms with Crippen molar-refractivity contribution in [2.45, 2.75) is 6.42 Å². The van der Waals surface area contributed by atoms with Gasteiger partial charge in [0.25, 0.3) is 0 Å². The van der Waals surface area contributed by atoms with Crippen molar-refractivity contribution in [3.8, 4) is 0 Å². The van der Waals surface area contributed by atoms with E-state index in [2.05, 4.69) is 20.8 Å². The molecule has 1 aromatic rings. The first-order chi connectivity index (χ1) is 5.50.